The molecule has 1 N–H and O–H groups in total. The molecule has 0 saturated carbocycles. The van der Waals surface area contributed by atoms with E-state index in [4.69, 9.17) is 4.74 Å². The fourth-order valence-electron chi connectivity index (χ4n) is 4.08. The molecule has 0 amide bonds. The highest BCUT2D eigenvalue weighted by atomic mass is 19.1. The van der Waals surface area contributed by atoms with Gasteiger partial charge >= 0.3 is 5.69 Å². The Hall–Kier alpha value is -4.01. The van der Waals surface area contributed by atoms with E-state index in [0.717, 1.165) is 11.0 Å². The monoisotopic (exact) mass is 402 g/mol. The SMILES string of the molecule is O=c1[nH]c2cnc(-n3cnc4ccccc43)nc2n1[C@@H]1CCOc2cccc(F)c21. The molecule has 8 nitrogen and oxygen atoms in total. The standard InChI is InChI=1S/C21H15FN6O2/c22-12-4-3-7-17-18(12)16(8-9-30-17)28-19-14(25-21(28)29)10-23-20(26-19)27-11-24-13-5-1-2-6-15(13)27/h1-7,10-11,16H,8-9H2,(H,25,29)/t16-/m1/s1. The average Bonchev–Trinajstić information content (AvgIpc) is 3.33. The molecule has 6 rings (SSSR count). The number of halogens is 1. The van der Waals surface area contributed by atoms with Gasteiger partial charge in [-0.3, -0.25) is 9.13 Å². The molecule has 9 heteroatoms. The van der Waals surface area contributed by atoms with Crippen LogP contribution < -0.4 is 10.4 Å². The fraction of sp³-hybridized carbons (Fsp3) is 0.143. The minimum absolute atomic E-state index is 0.361. The van der Waals surface area contributed by atoms with E-state index in [1.165, 1.54) is 10.6 Å². The van der Waals surface area contributed by atoms with Crippen LogP contribution in [-0.4, -0.2) is 35.7 Å². The Morgan fingerprint density at radius 2 is 2.03 bits per heavy atom. The van der Waals surface area contributed by atoms with E-state index < -0.39 is 11.9 Å². The van der Waals surface area contributed by atoms with Gasteiger partial charge in [0.2, 0.25) is 5.95 Å². The number of nitrogens with one attached hydrogen (secondary N) is 1. The minimum Gasteiger partial charge on any atom is -0.493 e. The molecule has 3 aromatic heterocycles. The molecular weight excluding hydrogens is 387 g/mol. The summed E-state index contributed by atoms with van der Waals surface area (Å²) < 4.78 is 23.5. The second kappa shape index (κ2) is 6.24. The predicted molar refractivity (Wildman–Crippen MR) is 107 cm³/mol. The Balaban J connectivity index is 1.58. The Bertz CT molecular complexity index is 1480. The zero-order valence-electron chi connectivity index (χ0n) is 15.6. The van der Waals surface area contributed by atoms with Crippen LogP contribution in [0.1, 0.15) is 18.0 Å². The molecule has 30 heavy (non-hydrogen) atoms. The van der Waals surface area contributed by atoms with Gasteiger partial charge in [-0.2, -0.15) is 4.98 Å². The number of fused-ring (bicyclic) bond motifs is 3. The molecular formula is C21H15FN6O2. The summed E-state index contributed by atoms with van der Waals surface area (Å²) in [6.07, 6.45) is 3.66. The van der Waals surface area contributed by atoms with Crippen LogP contribution in [0.5, 0.6) is 5.75 Å². The molecule has 0 aliphatic carbocycles. The first kappa shape index (κ1) is 16.9. The topological polar surface area (TPSA) is 90.6 Å². The molecule has 1 aliphatic rings. The number of para-hydroxylation sites is 2. The number of hydrogen-bond acceptors (Lipinski definition) is 5. The first-order chi connectivity index (χ1) is 14.7. The third kappa shape index (κ3) is 2.38. The van der Waals surface area contributed by atoms with E-state index in [0.29, 0.717) is 41.5 Å². The van der Waals surface area contributed by atoms with Crippen LogP contribution >= 0.6 is 0 Å². The van der Waals surface area contributed by atoms with Crippen molar-refractivity contribution in [1.82, 2.24) is 29.1 Å². The molecule has 0 unspecified atom stereocenters. The summed E-state index contributed by atoms with van der Waals surface area (Å²) in [6.45, 7) is 0.379. The van der Waals surface area contributed by atoms with Crippen LogP contribution in [0.3, 0.4) is 0 Å². The van der Waals surface area contributed by atoms with Gasteiger partial charge in [-0.05, 0) is 24.3 Å². The quantitative estimate of drug-likeness (QED) is 0.490. The highest BCUT2D eigenvalue weighted by Crippen LogP contribution is 2.36. The maximum Gasteiger partial charge on any atom is 0.328 e. The summed E-state index contributed by atoms with van der Waals surface area (Å²) in [5, 5.41) is 0. The van der Waals surface area contributed by atoms with Gasteiger partial charge < -0.3 is 9.72 Å². The molecule has 0 saturated heterocycles. The average molecular weight is 402 g/mol. The van der Waals surface area contributed by atoms with Crippen molar-refractivity contribution in [3.05, 3.63) is 76.9 Å². The van der Waals surface area contributed by atoms with Crippen molar-refractivity contribution in [2.24, 2.45) is 0 Å². The molecule has 1 aliphatic heterocycles. The van der Waals surface area contributed by atoms with Crippen LogP contribution in [-0.2, 0) is 0 Å². The molecule has 148 valence electrons. The summed E-state index contributed by atoms with van der Waals surface area (Å²) in [5.74, 6) is 0.417. The van der Waals surface area contributed by atoms with E-state index in [9.17, 15) is 9.18 Å². The van der Waals surface area contributed by atoms with Crippen molar-refractivity contribution in [2.45, 2.75) is 12.5 Å². The molecule has 0 spiro atoms. The van der Waals surface area contributed by atoms with Crippen LogP contribution in [0.2, 0.25) is 0 Å². The van der Waals surface area contributed by atoms with Gasteiger partial charge in [0, 0.05) is 6.42 Å². The van der Waals surface area contributed by atoms with Gasteiger partial charge in [0.25, 0.3) is 0 Å². The van der Waals surface area contributed by atoms with Crippen LogP contribution in [0, 0.1) is 5.82 Å². The van der Waals surface area contributed by atoms with Gasteiger partial charge in [-0.15, -0.1) is 0 Å². The first-order valence-electron chi connectivity index (χ1n) is 9.51. The lowest BCUT2D eigenvalue weighted by Crippen LogP contribution is -2.28. The van der Waals surface area contributed by atoms with E-state index in [1.54, 1.807) is 29.2 Å². The van der Waals surface area contributed by atoms with Crippen LogP contribution in [0.25, 0.3) is 28.1 Å². The van der Waals surface area contributed by atoms with Gasteiger partial charge in [0.1, 0.15) is 23.4 Å². The Labute approximate surface area is 168 Å². The van der Waals surface area contributed by atoms with Crippen LogP contribution in [0.4, 0.5) is 4.39 Å². The number of rotatable bonds is 2. The zero-order valence-corrected chi connectivity index (χ0v) is 15.6. The van der Waals surface area contributed by atoms with Crippen molar-refractivity contribution >= 4 is 22.2 Å². The number of nitrogens with zero attached hydrogens (tertiary/aromatic N) is 5. The normalized spacial score (nSPS) is 16.0. The minimum atomic E-state index is -0.529. The number of imidazole rings is 2. The molecule has 0 fully saturated rings. The van der Waals surface area contributed by atoms with Gasteiger partial charge in [-0.1, -0.05) is 18.2 Å². The molecule has 4 heterocycles. The molecule has 1 atom stereocenters. The highest BCUT2D eigenvalue weighted by molar-refractivity contribution is 5.77. The van der Waals surface area contributed by atoms with Crippen molar-refractivity contribution in [3.8, 4) is 11.7 Å². The smallest absolute Gasteiger partial charge is 0.328 e. The Morgan fingerprint density at radius 1 is 1.13 bits per heavy atom. The van der Waals surface area contributed by atoms with Gasteiger partial charge in [-0.25, -0.2) is 19.2 Å². The first-order valence-corrected chi connectivity index (χ1v) is 9.51. The van der Waals surface area contributed by atoms with Crippen molar-refractivity contribution in [2.75, 3.05) is 6.61 Å². The van der Waals surface area contributed by atoms with E-state index in [2.05, 4.69) is 19.9 Å². The maximum absolute atomic E-state index is 14.7. The molecule has 0 bridgehead atoms. The van der Waals surface area contributed by atoms with Crippen molar-refractivity contribution in [1.29, 1.82) is 0 Å². The number of H-pyrrole nitrogens is 1. The second-order valence-corrected chi connectivity index (χ2v) is 7.12. The molecule has 0 radical (unpaired) electrons. The third-order valence-corrected chi connectivity index (χ3v) is 5.42. The number of aromatic nitrogens is 6. The highest BCUT2D eigenvalue weighted by Gasteiger charge is 2.29. The summed E-state index contributed by atoms with van der Waals surface area (Å²) in [5.41, 5.74) is 2.55. The number of aromatic amines is 1. The number of benzene rings is 2. The summed E-state index contributed by atoms with van der Waals surface area (Å²) in [4.78, 5) is 29.0. The zero-order chi connectivity index (χ0) is 20.2. The van der Waals surface area contributed by atoms with E-state index in [-0.39, 0.29) is 5.69 Å². The predicted octanol–water partition coefficient (Wildman–Crippen LogP) is 2.97. The molecule has 5 aromatic rings. The summed E-state index contributed by atoms with van der Waals surface area (Å²) in [7, 11) is 0. The van der Waals surface area contributed by atoms with Crippen LogP contribution in [0.15, 0.2) is 59.8 Å². The second-order valence-electron chi connectivity index (χ2n) is 7.12. The summed E-state index contributed by atoms with van der Waals surface area (Å²) >= 11 is 0. The van der Waals surface area contributed by atoms with E-state index in [1.807, 2.05) is 24.3 Å². The van der Waals surface area contributed by atoms with E-state index >= 15 is 0 Å². The largest absolute Gasteiger partial charge is 0.493 e. The van der Waals surface area contributed by atoms with Crippen molar-refractivity contribution < 1.29 is 9.13 Å². The van der Waals surface area contributed by atoms with Crippen molar-refractivity contribution in [3.63, 3.8) is 0 Å². The lowest BCUT2D eigenvalue weighted by Gasteiger charge is -2.26. The Morgan fingerprint density at radius 3 is 2.97 bits per heavy atom. The summed E-state index contributed by atoms with van der Waals surface area (Å²) in [6, 6.07) is 11.8. The van der Waals surface area contributed by atoms with Gasteiger partial charge in [0.15, 0.2) is 5.65 Å². The van der Waals surface area contributed by atoms with Gasteiger partial charge in [0.05, 0.1) is 35.4 Å². The third-order valence-electron chi connectivity index (χ3n) is 5.42. The Kier molecular flexibility index (Phi) is 3.52. The maximum atomic E-state index is 14.7. The number of ether oxygens (including phenoxy) is 1. The fourth-order valence-corrected chi connectivity index (χ4v) is 4.08. The lowest BCUT2D eigenvalue weighted by molar-refractivity contribution is 0.251. The lowest BCUT2D eigenvalue weighted by atomic mass is 9.99. The number of hydrogen-bond donors (Lipinski definition) is 1. The molecule has 2 aromatic carbocycles.